The zero-order valence-electron chi connectivity index (χ0n) is 10.1. The Morgan fingerprint density at radius 1 is 1.22 bits per heavy atom. The van der Waals surface area contributed by atoms with Crippen LogP contribution in [-0.4, -0.2) is 22.9 Å². The zero-order valence-corrected chi connectivity index (χ0v) is 10.1. The van der Waals surface area contributed by atoms with E-state index in [1.54, 1.807) is 31.6 Å². The predicted molar refractivity (Wildman–Crippen MR) is 69.2 cm³/mol. The zero-order chi connectivity index (χ0) is 12.8. The maximum absolute atomic E-state index is 11.5. The van der Waals surface area contributed by atoms with Crippen LogP contribution in [0.5, 0.6) is 0 Å². The highest BCUT2D eigenvalue weighted by molar-refractivity contribution is 5.94. The number of amides is 1. The van der Waals surface area contributed by atoms with Crippen LogP contribution in [-0.2, 0) is 6.54 Å². The van der Waals surface area contributed by atoms with E-state index < -0.39 is 0 Å². The Kier molecular flexibility index (Phi) is 3.86. The van der Waals surface area contributed by atoms with Crippen molar-refractivity contribution in [2.45, 2.75) is 6.54 Å². The first-order chi connectivity index (χ1) is 8.79. The molecule has 2 N–H and O–H groups in total. The maximum atomic E-state index is 11.5. The van der Waals surface area contributed by atoms with Crippen molar-refractivity contribution < 1.29 is 4.79 Å². The normalized spacial score (nSPS) is 9.83. The Morgan fingerprint density at radius 2 is 2.00 bits per heavy atom. The summed E-state index contributed by atoms with van der Waals surface area (Å²) >= 11 is 0. The van der Waals surface area contributed by atoms with Gasteiger partial charge < -0.3 is 10.6 Å². The molecule has 0 saturated heterocycles. The summed E-state index contributed by atoms with van der Waals surface area (Å²) in [5.41, 5.74) is 1.65. The predicted octanol–water partition coefficient (Wildman–Crippen LogP) is 1.45. The van der Waals surface area contributed by atoms with E-state index in [4.69, 9.17) is 0 Å². The highest BCUT2D eigenvalue weighted by Gasteiger charge is 2.03. The molecule has 5 heteroatoms. The summed E-state index contributed by atoms with van der Waals surface area (Å²) in [7, 11) is 1.62. The van der Waals surface area contributed by atoms with Gasteiger partial charge in [-0.25, -0.2) is 9.97 Å². The molecule has 0 unspecified atom stereocenters. The minimum Gasteiger partial charge on any atom is -0.355 e. The average molecular weight is 242 g/mol. The van der Waals surface area contributed by atoms with Crippen LogP contribution in [0, 0.1) is 0 Å². The molecule has 0 aliphatic heterocycles. The molecule has 1 amide bonds. The number of aromatic nitrogens is 2. The standard InChI is InChI=1S/C13H14N4O/c1-14-12(18)11-5-2-4-10(8-11)9-17-13-15-6-3-7-16-13/h2-8H,9H2,1H3,(H,14,18)(H,15,16,17). The Labute approximate surface area is 105 Å². The minimum absolute atomic E-state index is 0.0900. The number of carbonyl (C=O) groups excluding carboxylic acids is 1. The molecular formula is C13H14N4O. The second-order valence-electron chi connectivity index (χ2n) is 3.71. The van der Waals surface area contributed by atoms with Gasteiger partial charge in [-0.3, -0.25) is 4.79 Å². The largest absolute Gasteiger partial charge is 0.355 e. The third-order valence-electron chi connectivity index (χ3n) is 2.43. The number of nitrogens with zero attached hydrogens (tertiary/aromatic N) is 2. The fraction of sp³-hybridized carbons (Fsp3) is 0.154. The molecule has 0 radical (unpaired) electrons. The van der Waals surface area contributed by atoms with Gasteiger partial charge in [0.1, 0.15) is 0 Å². The summed E-state index contributed by atoms with van der Waals surface area (Å²) in [4.78, 5) is 19.6. The van der Waals surface area contributed by atoms with E-state index in [0.717, 1.165) is 5.56 Å². The van der Waals surface area contributed by atoms with E-state index in [1.165, 1.54) is 0 Å². The Balaban J connectivity index is 2.04. The lowest BCUT2D eigenvalue weighted by molar-refractivity contribution is 0.0963. The Morgan fingerprint density at radius 3 is 2.72 bits per heavy atom. The highest BCUT2D eigenvalue weighted by Crippen LogP contribution is 2.07. The first-order valence-corrected chi connectivity index (χ1v) is 5.61. The van der Waals surface area contributed by atoms with E-state index in [0.29, 0.717) is 18.1 Å². The van der Waals surface area contributed by atoms with Crippen LogP contribution in [0.3, 0.4) is 0 Å². The Bertz CT molecular complexity index is 528. The van der Waals surface area contributed by atoms with Crippen LogP contribution >= 0.6 is 0 Å². The second kappa shape index (κ2) is 5.77. The van der Waals surface area contributed by atoms with Crippen molar-refractivity contribution in [2.75, 3.05) is 12.4 Å². The molecule has 0 saturated carbocycles. The molecule has 0 fully saturated rings. The molecule has 2 aromatic rings. The third-order valence-corrected chi connectivity index (χ3v) is 2.43. The summed E-state index contributed by atoms with van der Waals surface area (Å²) in [6.45, 7) is 0.578. The van der Waals surface area contributed by atoms with Crippen LogP contribution in [0.1, 0.15) is 15.9 Å². The van der Waals surface area contributed by atoms with Gasteiger partial charge in [-0.05, 0) is 23.8 Å². The lowest BCUT2D eigenvalue weighted by Crippen LogP contribution is -2.18. The van der Waals surface area contributed by atoms with Gasteiger partial charge in [-0.2, -0.15) is 0 Å². The van der Waals surface area contributed by atoms with Crippen LogP contribution in [0.25, 0.3) is 0 Å². The van der Waals surface area contributed by atoms with Gasteiger partial charge in [0.05, 0.1) is 0 Å². The lowest BCUT2D eigenvalue weighted by Gasteiger charge is -2.06. The second-order valence-corrected chi connectivity index (χ2v) is 3.71. The highest BCUT2D eigenvalue weighted by atomic mass is 16.1. The topological polar surface area (TPSA) is 66.9 Å². The molecule has 0 bridgehead atoms. The average Bonchev–Trinajstić information content (AvgIpc) is 2.45. The van der Waals surface area contributed by atoms with Crippen molar-refractivity contribution in [1.82, 2.24) is 15.3 Å². The number of carbonyl (C=O) groups is 1. The number of rotatable bonds is 4. The van der Waals surface area contributed by atoms with Crippen molar-refractivity contribution in [2.24, 2.45) is 0 Å². The first-order valence-electron chi connectivity index (χ1n) is 5.61. The molecule has 0 aliphatic carbocycles. The number of benzene rings is 1. The summed E-state index contributed by atoms with van der Waals surface area (Å²) in [5, 5.41) is 5.69. The molecule has 0 atom stereocenters. The van der Waals surface area contributed by atoms with Gasteiger partial charge in [-0.1, -0.05) is 12.1 Å². The SMILES string of the molecule is CNC(=O)c1cccc(CNc2ncccn2)c1. The molecule has 92 valence electrons. The van der Waals surface area contributed by atoms with Crippen molar-refractivity contribution in [1.29, 1.82) is 0 Å². The fourth-order valence-electron chi connectivity index (χ4n) is 1.54. The molecule has 18 heavy (non-hydrogen) atoms. The van der Waals surface area contributed by atoms with Gasteiger partial charge in [0.15, 0.2) is 0 Å². The molecule has 1 aromatic carbocycles. The molecule has 1 aromatic heterocycles. The smallest absolute Gasteiger partial charge is 0.251 e. The van der Waals surface area contributed by atoms with Gasteiger partial charge in [0.25, 0.3) is 5.91 Å². The third kappa shape index (κ3) is 3.04. The number of nitrogens with one attached hydrogen (secondary N) is 2. The van der Waals surface area contributed by atoms with E-state index >= 15 is 0 Å². The minimum atomic E-state index is -0.0900. The summed E-state index contributed by atoms with van der Waals surface area (Å²) in [6, 6.07) is 9.18. The molecule has 0 aliphatic rings. The van der Waals surface area contributed by atoms with E-state index in [1.807, 2.05) is 18.2 Å². The number of hydrogen-bond acceptors (Lipinski definition) is 4. The molecule has 2 rings (SSSR count). The van der Waals surface area contributed by atoms with Gasteiger partial charge >= 0.3 is 0 Å². The fourth-order valence-corrected chi connectivity index (χ4v) is 1.54. The van der Waals surface area contributed by atoms with Gasteiger partial charge in [0.2, 0.25) is 5.95 Å². The number of anilines is 1. The van der Waals surface area contributed by atoms with E-state index in [2.05, 4.69) is 20.6 Å². The van der Waals surface area contributed by atoms with Crippen LogP contribution in [0.4, 0.5) is 5.95 Å². The van der Waals surface area contributed by atoms with Crippen LogP contribution < -0.4 is 10.6 Å². The van der Waals surface area contributed by atoms with Crippen LogP contribution in [0.15, 0.2) is 42.7 Å². The summed E-state index contributed by atoms with van der Waals surface area (Å²) < 4.78 is 0. The Hall–Kier alpha value is -2.43. The van der Waals surface area contributed by atoms with E-state index in [9.17, 15) is 4.79 Å². The monoisotopic (exact) mass is 242 g/mol. The number of hydrogen-bond donors (Lipinski definition) is 2. The van der Waals surface area contributed by atoms with Crippen molar-refractivity contribution in [3.8, 4) is 0 Å². The van der Waals surface area contributed by atoms with Gasteiger partial charge in [-0.15, -0.1) is 0 Å². The molecule has 1 heterocycles. The van der Waals surface area contributed by atoms with Crippen molar-refractivity contribution >= 4 is 11.9 Å². The molecule has 5 nitrogen and oxygen atoms in total. The summed E-state index contributed by atoms with van der Waals surface area (Å²) in [5.74, 6) is 0.482. The first kappa shape index (κ1) is 12.0. The maximum Gasteiger partial charge on any atom is 0.251 e. The van der Waals surface area contributed by atoms with Crippen LogP contribution in [0.2, 0.25) is 0 Å². The molecule has 0 spiro atoms. The molecular weight excluding hydrogens is 228 g/mol. The lowest BCUT2D eigenvalue weighted by atomic mass is 10.1. The quantitative estimate of drug-likeness (QED) is 0.851. The van der Waals surface area contributed by atoms with Gasteiger partial charge in [0, 0.05) is 31.5 Å². The van der Waals surface area contributed by atoms with E-state index in [-0.39, 0.29) is 5.91 Å². The van der Waals surface area contributed by atoms with Crippen molar-refractivity contribution in [3.05, 3.63) is 53.9 Å². The van der Waals surface area contributed by atoms with Crippen molar-refractivity contribution in [3.63, 3.8) is 0 Å². The summed E-state index contributed by atoms with van der Waals surface area (Å²) in [6.07, 6.45) is 3.35.